The van der Waals surface area contributed by atoms with Gasteiger partial charge in [-0.3, -0.25) is 0 Å². The van der Waals surface area contributed by atoms with Gasteiger partial charge in [0.2, 0.25) is 0 Å². The molecule has 0 amide bonds. The Morgan fingerprint density at radius 3 is 2.76 bits per heavy atom. The van der Waals surface area contributed by atoms with Gasteiger partial charge in [-0.2, -0.15) is 0 Å². The van der Waals surface area contributed by atoms with Crippen LogP contribution >= 0.6 is 0 Å². The summed E-state index contributed by atoms with van der Waals surface area (Å²) in [7, 11) is 0. The van der Waals surface area contributed by atoms with Crippen molar-refractivity contribution < 1.29 is 9.84 Å². The standard InChI is InChI=1S/C17H22N2O2/c20-15-9-4-3-8-14(15)19-13-7-2-1-6-12(13)18-17(19)16-10-5-11-21-16/h1-2,6-7,14-16,20H,3-5,8-11H2/t14-,15-,16-/m1/s1. The van der Waals surface area contributed by atoms with Crippen LogP contribution in [0.5, 0.6) is 0 Å². The predicted molar refractivity (Wildman–Crippen MR) is 81.2 cm³/mol. The van der Waals surface area contributed by atoms with Crippen LogP contribution in [0.2, 0.25) is 0 Å². The lowest BCUT2D eigenvalue weighted by Crippen LogP contribution is -2.29. The van der Waals surface area contributed by atoms with Crippen LogP contribution in [0.1, 0.15) is 56.5 Å². The zero-order chi connectivity index (χ0) is 14.2. The molecule has 0 spiro atoms. The van der Waals surface area contributed by atoms with Crippen LogP contribution in [-0.4, -0.2) is 27.4 Å². The van der Waals surface area contributed by atoms with Crippen molar-refractivity contribution in [2.24, 2.45) is 0 Å². The molecular formula is C17H22N2O2. The van der Waals surface area contributed by atoms with Crippen molar-refractivity contribution in [3.05, 3.63) is 30.1 Å². The van der Waals surface area contributed by atoms with Crippen LogP contribution in [0.25, 0.3) is 11.0 Å². The zero-order valence-electron chi connectivity index (χ0n) is 12.2. The summed E-state index contributed by atoms with van der Waals surface area (Å²) in [5, 5.41) is 10.5. The van der Waals surface area contributed by atoms with Gasteiger partial charge < -0.3 is 14.4 Å². The molecule has 1 aliphatic carbocycles. The maximum Gasteiger partial charge on any atom is 0.139 e. The Morgan fingerprint density at radius 1 is 1.10 bits per heavy atom. The molecule has 0 bridgehead atoms. The highest BCUT2D eigenvalue weighted by Gasteiger charge is 2.32. The Balaban J connectivity index is 1.85. The first-order chi connectivity index (χ1) is 10.3. The Kier molecular flexibility index (Phi) is 3.43. The van der Waals surface area contributed by atoms with Gasteiger partial charge in [0.25, 0.3) is 0 Å². The number of aliphatic hydroxyl groups is 1. The fourth-order valence-corrected chi connectivity index (χ4v) is 3.81. The van der Waals surface area contributed by atoms with Crippen LogP contribution in [0.4, 0.5) is 0 Å². The third kappa shape index (κ3) is 2.27. The summed E-state index contributed by atoms with van der Waals surface area (Å²) >= 11 is 0. The summed E-state index contributed by atoms with van der Waals surface area (Å²) in [4.78, 5) is 4.83. The molecule has 1 saturated carbocycles. The predicted octanol–water partition coefficient (Wildman–Crippen LogP) is 3.36. The van der Waals surface area contributed by atoms with Crippen molar-refractivity contribution in [3.8, 4) is 0 Å². The highest BCUT2D eigenvalue weighted by atomic mass is 16.5. The first-order valence-electron chi connectivity index (χ1n) is 8.11. The Hall–Kier alpha value is -1.39. The maximum absolute atomic E-state index is 10.5. The van der Waals surface area contributed by atoms with Gasteiger partial charge in [0.15, 0.2) is 0 Å². The van der Waals surface area contributed by atoms with Gasteiger partial charge in [0, 0.05) is 6.61 Å². The SMILES string of the molecule is O[C@@H]1CCCC[C@H]1n1c([C@H]2CCCO2)nc2ccccc21. The van der Waals surface area contributed by atoms with Crippen molar-refractivity contribution >= 4 is 11.0 Å². The molecule has 1 saturated heterocycles. The number of nitrogens with zero attached hydrogens (tertiary/aromatic N) is 2. The number of fused-ring (bicyclic) bond motifs is 1. The van der Waals surface area contributed by atoms with E-state index >= 15 is 0 Å². The fraction of sp³-hybridized carbons (Fsp3) is 0.588. The fourth-order valence-electron chi connectivity index (χ4n) is 3.81. The Bertz CT molecular complexity index is 631. The molecule has 1 aliphatic heterocycles. The molecule has 2 heterocycles. The van der Waals surface area contributed by atoms with Crippen molar-refractivity contribution in [3.63, 3.8) is 0 Å². The summed E-state index contributed by atoms with van der Waals surface area (Å²) in [6.45, 7) is 0.821. The second-order valence-corrected chi connectivity index (χ2v) is 6.25. The van der Waals surface area contributed by atoms with Gasteiger partial charge in [-0.15, -0.1) is 0 Å². The second kappa shape index (κ2) is 5.43. The van der Waals surface area contributed by atoms with Gasteiger partial charge in [0.1, 0.15) is 11.9 Å². The van der Waals surface area contributed by atoms with E-state index in [2.05, 4.69) is 22.8 Å². The summed E-state index contributed by atoms with van der Waals surface area (Å²) in [6.07, 6.45) is 6.18. The average molecular weight is 286 g/mol. The van der Waals surface area contributed by atoms with Crippen LogP contribution < -0.4 is 0 Å². The molecule has 0 unspecified atom stereocenters. The number of ether oxygens (including phenoxy) is 1. The maximum atomic E-state index is 10.5. The second-order valence-electron chi connectivity index (χ2n) is 6.25. The molecule has 1 aromatic heterocycles. The average Bonchev–Trinajstić information content (AvgIpc) is 3.15. The number of rotatable bonds is 2. The lowest BCUT2D eigenvalue weighted by molar-refractivity contribution is 0.0630. The van der Waals surface area contributed by atoms with Crippen LogP contribution in [0.3, 0.4) is 0 Å². The van der Waals surface area contributed by atoms with E-state index in [0.717, 1.165) is 55.6 Å². The third-order valence-corrected chi connectivity index (χ3v) is 4.87. The van der Waals surface area contributed by atoms with E-state index in [1.807, 2.05) is 6.07 Å². The van der Waals surface area contributed by atoms with Gasteiger partial charge in [-0.05, 0) is 37.8 Å². The van der Waals surface area contributed by atoms with E-state index in [1.54, 1.807) is 0 Å². The third-order valence-electron chi connectivity index (χ3n) is 4.87. The number of benzene rings is 1. The van der Waals surface area contributed by atoms with Gasteiger partial charge in [-0.25, -0.2) is 4.98 Å². The Labute approximate surface area is 124 Å². The molecule has 21 heavy (non-hydrogen) atoms. The van der Waals surface area contributed by atoms with Gasteiger partial charge in [-0.1, -0.05) is 25.0 Å². The topological polar surface area (TPSA) is 47.3 Å². The smallest absolute Gasteiger partial charge is 0.139 e. The van der Waals surface area contributed by atoms with Crippen molar-refractivity contribution in [2.45, 2.75) is 56.8 Å². The first-order valence-corrected chi connectivity index (χ1v) is 8.11. The number of aliphatic hydroxyl groups excluding tert-OH is 1. The molecule has 1 aromatic carbocycles. The molecule has 0 radical (unpaired) electrons. The lowest BCUT2D eigenvalue weighted by Gasteiger charge is -2.31. The van der Waals surface area contributed by atoms with E-state index < -0.39 is 0 Å². The molecule has 4 nitrogen and oxygen atoms in total. The van der Waals surface area contributed by atoms with Gasteiger partial charge in [0.05, 0.1) is 23.2 Å². The molecule has 4 heteroatoms. The molecule has 2 aromatic rings. The van der Waals surface area contributed by atoms with E-state index in [-0.39, 0.29) is 18.2 Å². The highest BCUT2D eigenvalue weighted by Crippen LogP contribution is 2.37. The highest BCUT2D eigenvalue weighted by molar-refractivity contribution is 5.76. The number of para-hydroxylation sites is 2. The minimum atomic E-state index is -0.267. The summed E-state index contributed by atoms with van der Waals surface area (Å²) in [5.74, 6) is 1.01. The summed E-state index contributed by atoms with van der Waals surface area (Å²) in [5.41, 5.74) is 2.15. The van der Waals surface area contributed by atoms with E-state index in [0.29, 0.717) is 0 Å². The molecule has 112 valence electrons. The van der Waals surface area contributed by atoms with Crippen molar-refractivity contribution in [1.82, 2.24) is 9.55 Å². The van der Waals surface area contributed by atoms with Crippen LogP contribution in [-0.2, 0) is 4.74 Å². The Morgan fingerprint density at radius 2 is 1.95 bits per heavy atom. The van der Waals surface area contributed by atoms with Gasteiger partial charge >= 0.3 is 0 Å². The van der Waals surface area contributed by atoms with E-state index in [1.165, 1.54) is 6.42 Å². The van der Waals surface area contributed by atoms with E-state index in [9.17, 15) is 5.11 Å². The molecule has 2 aliphatic rings. The minimum absolute atomic E-state index is 0.0894. The number of hydrogen-bond acceptors (Lipinski definition) is 3. The molecular weight excluding hydrogens is 264 g/mol. The molecule has 3 atom stereocenters. The monoisotopic (exact) mass is 286 g/mol. The zero-order valence-corrected chi connectivity index (χ0v) is 12.2. The van der Waals surface area contributed by atoms with E-state index in [4.69, 9.17) is 9.72 Å². The van der Waals surface area contributed by atoms with Crippen molar-refractivity contribution in [1.29, 1.82) is 0 Å². The lowest BCUT2D eigenvalue weighted by atomic mass is 9.92. The number of imidazole rings is 1. The molecule has 1 N–H and O–H groups in total. The quantitative estimate of drug-likeness (QED) is 0.920. The van der Waals surface area contributed by atoms with Crippen LogP contribution in [0.15, 0.2) is 24.3 Å². The minimum Gasteiger partial charge on any atom is -0.391 e. The van der Waals surface area contributed by atoms with Crippen LogP contribution in [0, 0.1) is 0 Å². The normalized spacial score (nSPS) is 30.0. The summed E-state index contributed by atoms with van der Waals surface area (Å²) < 4.78 is 8.14. The first kappa shape index (κ1) is 13.3. The largest absolute Gasteiger partial charge is 0.391 e. The number of hydrogen-bond donors (Lipinski definition) is 1. The summed E-state index contributed by atoms with van der Waals surface area (Å²) in [6, 6.07) is 8.39. The van der Waals surface area contributed by atoms with Crippen molar-refractivity contribution in [2.75, 3.05) is 6.61 Å². The number of aromatic nitrogens is 2. The molecule has 2 fully saturated rings. The molecule has 4 rings (SSSR count).